The lowest BCUT2D eigenvalue weighted by molar-refractivity contribution is 1.27. The summed E-state index contributed by atoms with van der Waals surface area (Å²) in [5.74, 6) is 0. The molecule has 54 heavy (non-hydrogen) atoms. The van der Waals surface area contributed by atoms with Crippen LogP contribution in [0.3, 0.4) is 0 Å². The van der Waals surface area contributed by atoms with E-state index < -0.39 is 0 Å². The van der Waals surface area contributed by atoms with Gasteiger partial charge in [-0.05, 0) is 109 Å². The Kier molecular flexibility index (Phi) is 9.32. The predicted octanol–water partition coefficient (Wildman–Crippen LogP) is 15.2. The molecule has 0 N–H and O–H groups in total. The molecule has 0 saturated heterocycles. The molecule has 0 aliphatic heterocycles. The fourth-order valence-electron chi connectivity index (χ4n) is 7.34. The third-order valence-corrected chi connectivity index (χ3v) is 11.6. The van der Waals surface area contributed by atoms with Gasteiger partial charge in [-0.1, -0.05) is 103 Å². The molecule has 0 aliphatic rings. The van der Waals surface area contributed by atoms with Gasteiger partial charge >= 0.3 is 0 Å². The molecule has 0 unspecified atom stereocenters. The summed E-state index contributed by atoms with van der Waals surface area (Å²) in [6.45, 7) is 0. The maximum absolute atomic E-state index is 2.42. The van der Waals surface area contributed by atoms with Crippen molar-refractivity contribution >= 4 is 94.5 Å². The molecule has 5 heteroatoms. The summed E-state index contributed by atoms with van der Waals surface area (Å²) in [6, 6.07) is 73.9. The zero-order chi connectivity index (χ0) is 36.3. The SMILES string of the molecule is CSc1cccc(N(c2ccccc2)c2ccc(N(c3ccccc3)c3ccccc3)c3c2sc2cccc(N(c4ccccc4)c4ccccc4)c23)c1. The zero-order valence-electron chi connectivity index (χ0n) is 29.8. The molecule has 3 nitrogen and oxygen atoms in total. The van der Waals surface area contributed by atoms with Crippen LogP contribution in [0.15, 0.2) is 211 Å². The van der Waals surface area contributed by atoms with Crippen molar-refractivity contribution in [1.29, 1.82) is 0 Å². The smallest absolute Gasteiger partial charge is 0.0641 e. The minimum Gasteiger partial charge on any atom is -0.310 e. The van der Waals surface area contributed by atoms with E-state index in [0.29, 0.717) is 0 Å². The molecular weight excluding hydrogens is 695 g/mol. The molecule has 0 spiro atoms. The quantitative estimate of drug-likeness (QED) is 0.130. The second-order valence-electron chi connectivity index (χ2n) is 12.9. The van der Waals surface area contributed by atoms with E-state index >= 15 is 0 Å². The van der Waals surface area contributed by atoms with E-state index in [9.17, 15) is 0 Å². The van der Waals surface area contributed by atoms with Crippen LogP contribution in [0, 0.1) is 0 Å². The Bertz CT molecular complexity index is 2570. The lowest BCUT2D eigenvalue weighted by Gasteiger charge is -2.30. The van der Waals surface area contributed by atoms with Crippen LogP contribution in [0.1, 0.15) is 0 Å². The van der Waals surface area contributed by atoms with Crippen molar-refractivity contribution in [2.45, 2.75) is 4.90 Å². The summed E-state index contributed by atoms with van der Waals surface area (Å²) < 4.78 is 2.44. The maximum atomic E-state index is 2.42. The molecule has 0 bridgehead atoms. The summed E-state index contributed by atoms with van der Waals surface area (Å²) >= 11 is 3.62. The molecular formula is C49H37N3S2. The highest BCUT2D eigenvalue weighted by atomic mass is 32.2. The van der Waals surface area contributed by atoms with Gasteiger partial charge < -0.3 is 14.7 Å². The van der Waals surface area contributed by atoms with Gasteiger partial charge in [0, 0.05) is 54.5 Å². The highest BCUT2D eigenvalue weighted by molar-refractivity contribution is 7.98. The van der Waals surface area contributed by atoms with Crippen molar-refractivity contribution in [1.82, 2.24) is 0 Å². The molecule has 0 atom stereocenters. The Morgan fingerprint density at radius 3 is 1.20 bits per heavy atom. The Morgan fingerprint density at radius 2 is 0.741 bits per heavy atom. The van der Waals surface area contributed by atoms with Crippen molar-refractivity contribution in [3.05, 3.63) is 206 Å². The third kappa shape index (κ3) is 6.28. The van der Waals surface area contributed by atoms with Crippen LogP contribution < -0.4 is 14.7 Å². The Morgan fingerprint density at radius 1 is 0.352 bits per heavy atom. The van der Waals surface area contributed by atoms with E-state index in [-0.39, 0.29) is 0 Å². The number of thioether (sulfide) groups is 1. The number of hydrogen-bond donors (Lipinski definition) is 0. The predicted molar refractivity (Wildman–Crippen MR) is 235 cm³/mol. The van der Waals surface area contributed by atoms with Gasteiger partial charge in [0.05, 0.1) is 21.8 Å². The molecule has 0 radical (unpaired) electrons. The van der Waals surface area contributed by atoms with Crippen LogP contribution >= 0.6 is 23.1 Å². The fourth-order valence-corrected chi connectivity index (χ4v) is 9.04. The van der Waals surface area contributed by atoms with Crippen molar-refractivity contribution in [2.75, 3.05) is 21.0 Å². The lowest BCUT2D eigenvalue weighted by Crippen LogP contribution is -2.13. The number of thiophene rings is 1. The van der Waals surface area contributed by atoms with E-state index in [2.05, 4.69) is 227 Å². The Hall–Kier alpha value is -6.27. The first kappa shape index (κ1) is 33.6. The van der Waals surface area contributed by atoms with Gasteiger partial charge in [-0.15, -0.1) is 23.1 Å². The summed E-state index contributed by atoms with van der Waals surface area (Å²) in [6.07, 6.45) is 2.14. The molecule has 1 aromatic heterocycles. The average Bonchev–Trinajstić information content (AvgIpc) is 3.65. The van der Waals surface area contributed by atoms with Crippen molar-refractivity contribution in [2.24, 2.45) is 0 Å². The van der Waals surface area contributed by atoms with Gasteiger partial charge in [0.1, 0.15) is 0 Å². The van der Waals surface area contributed by atoms with E-state index in [1.54, 1.807) is 11.8 Å². The molecule has 260 valence electrons. The first-order valence-corrected chi connectivity index (χ1v) is 20.1. The summed E-state index contributed by atoms with van der Waals surface area (Å²) in [4.78, 5) is 8.45. The fraction of sp³-hybridized carbons (Fsp3) is 0.0204. The van der Waals surface area contributed by atoms with E-state index in [0.717, 1.165) is 51.2 Å². The molecule has 1 heterocycles. The first-order valence-electron chi connectivity index (χ1n) is 18.1. The van der Waals surface area contributed by atoms with Crippen LogP contribution in [-0.2, 0) is 0 Å². The average molecular weight is 732 g/mol. The van der Waals surface area contributed by atoms with Crippen LogP contribution in [0.4, 0.5) is 51.2 Å². The van der Waals surface area contributed by atoms with Crippen molar-refractivity contribution < 1.29 is 0 Å². The molecule has 8 aromatic carbocycles. The van der Waals surface area contributed by atoms with E-state index in [1.165, 1.54) is 25.1 Å². The summed E-state index contributed by atoms with van der Waals surface area (Å²) in [7, 11) is 0. The lowest BCUT2D eigenvalue weighted by atomic mass is 10.0. The number of para-hydroxylation sites is 5. The van der Waals surface area contributed by atoms with Crippen LogP contribution in [0.25, 0.3) is 20.2 Å². The van der Waals surface area contributed by atoms with Gasteiger partial charge in [-0.3, -0.25) is 0 Å². The second-order valence-corrected chi connectivity index (χ2v) is 14.9. The third-order valence-electron chi connectivity index (χ3n) is 9.69. The van der Waals surface area contributed by atoms with Crippen LogP contribution in [-0.4, -0.2) is 6.26 Å². The summed E-state index contributed by atoms with van der Waals surface area (Å²) in [5.41, 5.74) is 10.0. The van der Waals surface area contributed by atoms with Gasteiger partial charge in [0.15, 0.2) is 0 Å². The largest absolute Gasteiger partial charge is 0.310 e. The minimum atomic E-state index is 1.10. The monoisotopic (exact) mass is 731 g/mol. The van der Waals surface area contributed by atoms with Crippen molar-refractivity contribution in [3.8, 4) is 0 Å². The minimum absolute atomic E-state index is 1.10. The maximum Gasteiger partial charge on any atom is 0.0641 e. The second kappa shape index (κ2) is 15.0. The number of fused-ring (bicyclic) bond motifs is 3. The Labute approximate surface area is 325 Å². The molecule has 0 amide bonds. The highest BCUT2D eigenvalue weighted by Crippen LogP contribution is 2.54. The number of rotatable bonds is 10. The number of hydrogen-bond acceptors (Lipinski definition) is 5. The standard InChI is InChI=1S/C49H37N3S2/c1-53-42-30-17-29-41(35-42)52(40-27-15-6-16-28-40)45-34-33-44(51(38-23-11-4-12-24-38)39-25-13-5-14-26-39)48-47-43(31-18-32-46(47)54-49(45)48)50(36-19-7-2-8-20-36)37-21-9-3-10-22-37/h2-35H,1H3. The normalized spacial score (nSPS) is 11.1. The number of nitrogens with zero attached hydrogens (tertiary/aromatic N) is 3. The van der Waals surface area contributed by atoms with Gasteiger partial charge in [0.2, 0.25) is 0 Å². The molecule has 9 rings (SSSR count). The Balaban J connectivity index is 1.41. The summed E-state index contributed by atoms with van der Waals surface area (Å²) in [5, 5.41) is 2.42. The topological polar surface area (TPSA) is 9.72 Å². The zero-order valence-corrected chi connectivity index (χ0v) is 31.4. The number of anilines is 9. The molecule has 0 fully saturated rings. The van der Waals surface area contributed by atoms with Gasteiger partial charge in [-0.2, -0.15) is 0 Å². The first-order chi connectivity index (χ1) is 26.8. The van der Waals surface area contributed by atoms with Crippen LogP contribution in [0.2, 0.25) is 0 Å². The molecule has 9 aromatic rings. The molecule has 0 saturated carbocycles. The van der Waals surface area contributed by atoms with E-state index in [4.69, 9.17) is 0 Å². The van der Waals surface area contributed by atoms with Gasteiger partial charge in [-0.25, -0.2) is 0 Å². The van der Waals surface area contributed by atoms with E-state index in [1.807, 2.05) is 11.3 Å². The van der Waals surface area contributed by atoms with Gasteiger partial charge in [0.25, 0.3) is 0 Å². The highest BCUT2D eigenvalue weighted by Gasteiger charge is 2.27. The van der Waals surface area contributed by atoms with Crippen LogP contribution in [0.5, 0.6) is 0 Å². The molecule has 0 aliphatic carbocycles. The number of benzene rings is 8. The van der Waals surface area contributed by atoms with Crippen molar-refractivity contribution in [3.63, 3.8) is 0 Å².